The Morgan fingerprint density at radius 3 is 0.971 bits per heavy atom. The maximum absolute atomic E-state index is 5.81. The fourth-order valence-electron chi connectivity index (χ4n) is 5.00. The summed E-state index contributed by atoms with van der Waals surface area (Å²) in [5.41, 5.74) is 8.90. The Balaban J connectivity index is 2.12. The topological polar surface area (TPSA) is 46.2 Å². The summed E-state index contributed by atoms with van der Waals surface area (Å²) in [6, 6.07) is 10.8. The average Bonchev–Trinajstić information content (AvgIpc) is 2.78. The van der Waals surface area contributed by atoms with E-state index in [1.54, 1.807) is 35.5 Å². The molecule has 0 radical (unpaired) electrons. The van der Waals surface area contributed by atoms with Crippen LogP contribution in [-0.2, 0) is 12.8 Å². The molecule has 0 saturated carbocycles. The van der Waals surface area contributed by atoms with E-state index in [0.717, 1.165) is 44.9 Å². The highest BCUT2D eigenvalue weighted by Crippen LogP contribution is 2.44. The molecule has 5 heteroatoms. The average molecular weight is 465 g/mol. The Morgan fingerprint density at radius 1 is 0.412 bits per heavy atom. The van der Waals surface area contributed by atoms with E-state index in [9.17, 15) is 0 Å². The van der Waals surface area contributed by atoms with E-state index in [-0.39, 0.29) is 0 Å². The van der Waals surface area contributed by atoms with Gasteiger partial charge < -0.3 is 23.7 Å². The van der Waals surface area contributed by atoms with E-state index in [1.165, 1.54) is 11.1 Å². The maximum atomic E-state index is 5.81. The van der Waals surface area contributed by atoms with Gasteiger partial charge in [-0.3, -0.25) is 0 Å². The first kappa shape index (κ1) is 25.3. The van der Waals surface area contributed by atoms with E-state index < -0.39 is 0 Å². The number of ether oxygens (including phenoxy) is 5. The van der Waals surface area contributed by atoms with Crippen molar-refractivity contribution in [2.75, 3.05) is 35.5 Å². The predicted octanol–water partition coefficient (Wildman–Crippen LogP) is 6.14. The van der Waals surface area contributed by atoms with Gasteiger partial charge in [0.1, 0.15) is 11.5 Å². The van der Waals surface area contributed by atoms with Gasteiger partial charge in [-0.1, -0.05) is 24.3 Å². The van der Waals surface area contributed by atoms with Crippen molar-refractivity contribution in [2.45, 2.75) is 40.5 Å². The van der Waals surface area contributed by atoms with Crippen LogP contribution in [-0.4, -0.2) is 35.5 Å². The molecule has 34 heavy (non-hydrogen) atoms. The van der Waals surface area contributed by atoms with Crippen LogP contribution in [0, 0.1) is 27.7 Å². The quantitative estimate of drug-likeness (QED) is 0.380. The summed E-state index contributed by atoms with van der Waals surface area (Å²) in [5, 5.41) is 0. The fourth-order valence-corrected chi connectivity index (χ4v) is 5.00. The largest absolute Gasteiger partial charge is 0.496 e. The molecular weight excluding hydrogens is 428 g/mol. The van der Waals surface area contributed by atoms with E-state index in [2.05, 4.69) is 58.0 Å². The number of hydrogen-bond acceptors (Lipinski definition) is 5. The molecule has 0 aliphatic rings. The minimum atomic E-state index is 0.612. The van der Waals surface area contributed by atoms with Crippen LogP contribution in [0.15, 0.2) is 30.3 Å². The van der Waals surface area contributed by atoms with Crippen molar-refractivity contribution in [1.82, 2.24) is 0 Å². The molecule has 182 valence electrons. The Kier molecular flexibility index (Phi) is 7.98. The van der Waals surface area contributed by atoms with Crippen molar-refractivity contribution in [3.63, 3.8) is 0 Å². The Morgan fingerprint density at radius 2 is 0.706 bits per heavy atom. The standard InChI is InChI=1S/C29H36O5/c1-17-10-21(11-18(2)25(17)30-5)14-23-16-24(28(33-8)29(34-9)27(23)32-7)15-22-12-19(3)26(31-6)20(4)13-22/h10-13,16H,14-15H2,1-9H3. The smallest absolute Gasteiger partial charge is 0.203 e. The highest BCUT2D eigenvalue weighted by atomic mass is 16.5. The molecule has 0 fully saturated rings. The monoisotopic (exact) mass is 464 g/mol. The van der Waals surface area contributed by atoms with E-state index in [4.69, 9.17) is 23.7 Å². The number of methoxy groups -OCH3 is 5. The minimum absolute atomic E-state index is 0.612. The van der Waals surface area contributed by atoms with Gasteiger partial charge in [-0.2, -0.15) is 0 Å². The first-order chi connectivity index (χ1) is 16.3. The first-order valence-corrected chi connectivity index (χ1v) is 11.4. The third-order valence-electron chi connectivity index (χ3n) is 6.19. The molecule has 0 unspecified atom stereocenters. The van der Waals surface area contributed by atoms with Crippen molar-refractivity contribution >= 4 is 0 Å². The molecule has 0 spiro atoms. The second kappa shape index (κ2) is 10.7. The second-order valence-corrected chi connectivity index (χ2v) is 8.67. The lowest BCUT2D eigenvalue weighted by Crippen LogP contribution is -2.05. The van der Waals surface area contributed by atoms with Gasteiger partial charge in [0, 0.05) is 24.0 Å². The zero-order chi connectivity index (χ0) is 25.0. The molecule has 3 aromatic rings. The van der Waals surface area contributed by atoms with Gasteiger partial charge in [0.2, 0.25) is 5.75 Å². The highest BCUT2D eigenvalue weighted by molar-refractivity contribution is 5.62. The van der Waals surface area contributed by atoms with Crippen LogP contribution >= 0.6 is 0 Å². The lowest BCUT2D eigenvalue weighted by Gasteiger charge is -2.20. The summed E-state index contributed by atoms with van der Waals surface area (Å²) in [6.45, 7) is 8.28. The molecule has 0 aliphatic carbocycles. The van der Waals surface area contributed by atoms with Gasteiger partial charge in [-0.25, -0.2) is 0 Å². The minimum Gasteiger partial charge on any atom is -0.496 e. The van der Waals surface area contributed by atoms with Crippen LogP contribution in [0.4, 0.5) is 0 Å². The third-order valence-corrected chi connectivity index (χ3v) is 6.19. The summed E-state index contributed by atoms with van der Waals surface area (Å²) in [4.78, 5) is 0. The van der Waals surface area contributed by atoms with Gasteiger partial charge in [0.05, 0.1) is 35.5 Å². The van der Waals surface area contributed by atoms with E-state index in [1.807, 2.05) is 0 Å². The molecule has 0 N–H and O–H groups in total. The van der Waals surface area contributed by atoms with E-state index in [0.29, 0.717) is 30.1 Å². The molecular formula is C29H36O5. The molecule has 0 bridgehead atoms. The third kappa shape index (κ3) is 4.93. The van der Waals surface area contributed by atoms with Crippen LogP contribution < -0.4 is 23.7 Å². The van der Waals surface area contributed by atoms with Crippen LogP contribution in [0.1, 0.15) is 44.5 Å². The summed E-state index contributed by atoms with van der Waals surface area (Å²) in [7, 11) is 8.40. The molecule has 0 aliphatic heterocycles. The van der Waals surface area contributed by atoms with Crippen molar-refractivity contribution in [3.05, 3.63) is 74.8 Å². The lowest BCUT2D eigenvalue weighted by atomic mass is 9.94. The number of aryl methyl sites for hydroxylation is 4. The molecule has 0 amide bonds. The van der Waals surface area contributed by atoms with Crippen molar-refractivity contribution in [3.8, 4) is 28.7 Å². The summed E-state index contributed by atoms with van der Waals surface area (Å²) in [5.74, 6) is 3.84. The second-order valence-electron chi connectivity index (χ2n) is 8.67. The highest BCUT2D eigenvalue weighted by Gasteiger charge is 2.22. The van der Waals surface area contributed by atoms with Gasteiger partial charge >= 0.3 is 0 Å². The predicted molar refractivity (Wildman–Crippen MR) is 137 cm³/mol. The fraction of sp³-hybridized carbons (Fsp3) is 0.379. The lowest BCUT2D eigenvalue weighted by molar-refractivity contribution is 0.320. The normalized spacial score (nSPS) is 10.7. The Labute approximate surface area is 203 Å². The Hall–Kier alpha value is -3.34. The van der Waals surface area contributed by atoms with E-state index >= 15 is 0 Å². The molecule has 0 atom stereocenters. The summed E-state index contributed by atoms with van der Waals surface area (Å²) in [6.07, 6.45) is 1.39. The zero-order valence-electron chi connectivity index (χ0n) is 21.8. The number of benzene rings is 3. The van der Waals surface area contributed by atoms with Crippen LogP contribution in [0.3, 0.4) is 0 Å². The molecule has 3 aromatic carbocycles. The number of hydrogen-bond donors (Lipinski definition) is 0. The van der Waals surface area contributed by atoms with Crippen LogP contribution in [0.25, 0.3) is 0 Å². The van der Waals surface area contributed by atoms with Crippen molar-refractivity contribution in [1.29, 1.82) is 0 Å². The van der Waals surface area contributed by atoms with Crippen LogP contribution in [0.2, 0.25) is 0 Å². The van der Waals surface area contributed by atoms with Gasteiger partial charge in [-0.05, 0) is 67.1 Å². The molecule has 3 rings (SSSR count). The molecule has 0 saturated heterocycles. The van der Waals surface area contributed by atoms with Gasteiger partial charge in [-0.15, -0.1) is 0 Å². The first-order valence-electron chi connectivity index (χ1n) is 11.4. The molecule has 0 aromatic heterocycles. The zero-order valence-corrected chi connectivity index (χ0v) is 21.8. The Bertz CT molecular complexity index is 1050. The SMILES string of the molecule is COc1c(C)cc(Cc2cc(Cc3cc(C)c(OC)c(C)c3)c(OC)c(OC)c2OC)cc1C. The molecule has 5 nitrogen and oxygen atoms in total. The number of rotatable bonds is 9. The van der Waals surface area contributed by atoms with Gasteiger partial charge in [0.25, 0.3) is 0 Å². The van der Waals surface area contributed by atoms with Crippen LogP contribution in [0.5, 0.6) is 28.7 Å². The van der Waals surface area contributed by atoms with Gasteiger partial charge in [0.15, 0.2) is 11.5 Å². The van der Waals surface area contributed by atoms with Crippen molar-refractivity contribution < 1.29 is 23.7 Å². The summed E-state index contributed by atoms with van der Waals surface area (Å²) >= 11 is 0. The van der Waals surface area contributed by atoms with Crippen molar-refractivity contribution in [2.24, 2.45) is 0 Å². The molecule has 0 heterocycles. The maximum Gasteiger partial charge on any atom is 0.203 e. The summed E-state index contributed by atoms with van der Waals surface area (Å²) < 4.78 is 28.5.